The van der Waals surface area contributed by atoms with Gasteiger partial charge in [-0.2, -0.15) is 0 Å². The van der Waals surface area contributed by atoms with Crippen LogP contribution in [0.25, 0.3) is 0 Å². The Kier molecular flexibility index (Phi) is 6.44. The van der Waals surface area contributed by atoms with Gasteiger partial charge in [0.15, 0.2) is 0 Å². The van der Waals surface area contributed by atoms with E-state index in [1.165, 1.54) is 6.42 Å². The molecule has 0 saturated carbocycles. The highest BCUT2D eigenvalue weighted by Crippen LogP contribution is 2.22. The highest BCUT2D eigenvalue weighted by Gasteiger charge is 2.26. The lowest BCUT2D eigenvalue weighted by molar-refractivity contribution is 0.263. The van der Waals surface area contributed by atoms with Crippen LogP contribution in [-0.2, 0) is 10.0 Å². The zero-order valence-corrected chi connectivity index (χ0v) is 11.9. The maximum Gasteiger partial charge on any atom is 0.214 e. The lowest BCUT2D eigenvalue weighted by Crippen LogP contribution is -2.40. The summed E-state index contributed by atoms with van der Waals surface area (Å²) < 4.78 is 25.7. The van der Waals surface area contributed by atoms with E-state index in [0.29, 0.717) is 11.7 Å². The molecule has 0 bridgehead atoms. The minimum atomic E-state index is -2.97. The first kappa shape index (κ1) is 14.9. The SMILES string of the molecule is CCCCS(=O)(=O)N1CCC(CCNC)CC1. The number of hydrogen-bond donors (Lipinski definition) is 1. The second kappa shape index (κ2) is 7.34. The Balaban J connectivity index is 2.35. The third-order valence-electron chi connectivity index (χ3n) is 3.53. The van der Waals surface area contributed by atoms with Gasteiger partial charge in [0.05, 0.1) is 5.75 Å². The molecule has 5 heteroatoms. The molecule has 0 unspecified atom stereocenters. The van der Waals surface area contributed by atoms with Crippen molar-refractivity contribution >= 4 is 10.0 Å². The third kappa shape index (κ3) is 4.94. The molecule has 0 amide bonds. The molecule has 17 heavy (non-hydrogen) atoms. The summed E-state index contributed by atoms with van der Waals surface area (Å²) in [6.45, 7) is 4.51. The normalized spacial score (nSPS) is 19.6. The van der Waals surface area contributed by atoms with E-state index < -0.39 is 10.0 Å². The molecule has 0 spiro atoms. The van der Waals surface area contributed by atoms with Crippen molar-refractivity contribution in [1.82, 2.24) is 9.62 Å². The summed E-state index contributed by atoms with van der Waals surface area (Å²) in [5, 5.41) is 3.15. The van der Waals surface area contributed by atoms with Crippen LogP contribution >= 0.6 is 0 Å². The fourth-order valence-electron chi connectivity index (χ4n) is 2.28. The molecule has 1 fully saturated rings. The number of rotatable bonds is 7. The first-order valence-corrected chi connectivity index (χ1v) is 8.33. The maximum absolute atomic E-state index is 12.0. The number of piperidine rings is 1. The molecule has 1 N–H and O–H groups in total. The van der Waals surface area contributed by atoms with Crippen LogP contribution < -0.4 is 5.32 Å². The van der Waals surface area contributed by atoms with Crippen LogP contribution in [0.4, 0.5) is 0 Å². The van der Waals surface area contributed by atoms with Crippen LogP contribution in [0.5, 0.6) is 0 Å². The maximum atomic E-state index is 12.0. The van der Waals surface area contributed by atoms with Crippen LogP contribution in [0.15, 0.2) is 0 Å². The van der Waals surface area contributed by atoms with Crippen LogP contribution in [0.2, 0.25) is 0 Å². The summed E-state index contributed by atoms with van der Waals surface area (Å²) in [6.07, 6.45) is 4.93. The Bertz CT molecular complexity index is 296. The third-order valence-corrected chi connectivity index (χ3v) is 5.48. The molecular weight excluding hydrogens is 236 g/mol. The average Bonchev–Trinajstić information content (AvgIpc) is 2.34. The standard InChI is InChI=1S/C12H26N2O2S/c1-3-4-11-17(15,16)14-9-6-12(7-10-14)5-8-13-2/h12-13H,3-11H2,1-2H3. The summed E-state index contributed by atoms with van der Waals surface area (Å²) in [5.41, 5.74) is 0. The molecule has 0 aromatic carbocycles. The molecule has 0 aromatic rings. The van der Waals surface area contributed by atoms with Gasteiger partial charge in [0, 0.05) is 13.1 Å². The second-order valence-corrected chi connectivity index (χ2v) is 6.99. The molecule has 1 aliphatic heterocycles. The zero-order valence-electron chi connectivity index (χ0n) is 11.1. The predicted octanol–water partition coefficient (Wildman–Crippen LogP) is 1.44. The van der Waals surface area contributed by atoms with Gasteiger partial charge in [0.2, 0.25) is 10.0 Å². The van der Waals surface area contributed by atoms with Crippen LogP contribution in [0.1, 0.15) is 39.0 Å². The van der Waals surface area contributed by atoms with Gasteiger partial charge in [-0.25, -0.2) is 12.7 Å². The monoisotopic (exact) mass is 262 g/mol. The number of hydrogen-bond acceptors (Lipinski definition) is 3. The van der Waals surface area contributed by atoms with Crippen molar-refractivity contribution in [2.24, 2.45) is 5.92 Å². The van der Waals surface area contributed by atoms with E-state index >= 15 is 0 Å². The van der Waals surface area contributed by atoms with Gasteiger partial charge in [-0.05, 0) is 45.2 Å². The fraction of sp³-hybridized carbons (Fsp3) is 1.00. The minimum Gasteiger partial charge on any atom is -0.320 e. The first-order chi connectivity index (χ1) is 8.10. The van der Waals surface area contributed by atoms with Crippen molar-refractivity contribution in [2.45, 2.75) is 39.0 Å². The summed E-state index contributed by atoms with van der Waals surface area (Å²) in [7, 11) is -1.01. The number of nitrogens with zero attached hydrogens (tertiary/aromatic N) is 1. The number of nitrogens with one attached hydrogen (secondary N) is 1. The van der Waals surface area contributed by atoms with Gasteiger partial charge in [-0.1, -0.05) is 13.3 Å². The lowest BCUT2D eigenvalue weighted by Gasteiger charge is -2.31. The first-order valence-electron chi connectivity index (χ1n) is 6.72. The van der Waals surface area contributed by atoms with E-state index in [2.05, 4.69) is 5.32 Å². The van der Waals surface area contributed by atoms with E-state index in [4.69, 9.17) is 0 Å². The second-order valence-electron chi connectivity index (χ2n) is 4.90. The van der Waals surface area contributed by atoms with Crippen molar-refractivity contribution in [3.05, 3.63) is 0 Å². The molecule has 1 rings (SSSR count). The molecule has 0 atom stereocenters. The predicted molar refractivity (Wildman–Crippen MR) is 71.5 cm³/mol. The van der Waals surface area contributed by atoms with E-state index in [-0.39, 0.29) is 0 Å². The topological polar surface area (TPSA) is 49.4 Å². The number of unbranched alkanes of at least 4 members (excludes halogenated alkanes) is 1. The Labute approximate surface area is 106 Å². The molecular formula is C12H26N2O2S. The van der Waals surface area contributed by atoms with E-state index in [0.717, 1.165) is 45.3 Å². The smallest absolute Gasteiger partial charge is 0.214 e. The molecule has 1 aliphatic rings. The Morgan fingerprint density at radius 1 is 1.29 bits per heavy atom. The quantitative estimate of drug-likeness (QED) is 0.755. The van der Waals surface area contributed by atoms with Gasteiger partial charge >= 0.3 is 0 Å². The van der Waals surface area contributed by atoms with Crippen molar-refractivity contribution in [1.29, 1.82) is 0 Å². The Morgan fingerprint density at radius 3 is 2.47 bits per heavy atom. The minimum absolute atomic E-state index is 0.324. The van der Waals surface area contributed by atoms with E-state index in [1.807, 2.05) is 14.0 Å². The van der Waals surface area contributed by atoms with Crippen LogP contribution in [0.3, 0.4) is 0 Å². The largest absolute Gasteiger partial charge is 0.320 e. The molecule has 0 aliphatic carbocycles. The van der Waals surface area contributed by atoms with Gasteiger partial charge in [0.25, 0.3) is 0 Å². The van der Waals surface area contributed by atoms with Crippen molar-refractivity contribution in [2.75, 3.05) is 32.4 Å². The summed E-state index contributed by atoms with van der Waals surface area (Å²) in [5.74, 6) is 1.02. The summed E-state index contributed by atoms with van der Waals surface area (Å²) in [4.78, 5) is 0. The van der Waals surface area contributed by atoms with E-state index in [1.54, 1.807) is 4.31 Å². The Hall–Kier alpha value is -0.130. The highest BCUT2D eigenvalue weighted by molar-refractivity contribution is 7.89. The van der Waals surface area contributed by atoms with Crippen molar-refractivity contribution in [3.8, 4) is 0 Å². The molecule has 0 radical (unpaired) electrons. The van der Waals surface area contributed by atoms with Gasteiger partial charge in [-0.15, -0.1) is 0 Å². The molecule has 4 nitrogen and oxygen atoms in total. The fourth-order valence-corrected chi connectivity index (χ4v) is 3.96. The van der Waals surface area contributed by atoms with Crippen LogP contribution in [0, 0.1) is 5.92 Å². The summed E-state index contributed by atoms with van der Waals surface area (Å²) >= 11 is 0. The molecule has 102 valence electrons. The molecule has 1 saturated heterocycles. The summed E-state index contributed by atoms with van der Waals surface area (Å²) in [6, 6.07) is 0. The average molecular weight is 262 g/mol. The van der Waals surface area contributed by atoms with E-state index in [9.17, 15) is 8.42 Å². The number of sulfonamides is 1. The van der Waals surface area contributed by atoms with Gasteiger partial charge in [-0.3, -0.25) is 0 Å². The highest BCUT2D eigenvalue weighted by atomic mass is 32.2. The van der Waals surface area contributed by atoms with Crippen molar-refractivity contribution < 1.29 is 8.42 Å². The molecule has 0 aromatic heterocycles. The van der Waals surface area contributed by atoms with Crippen LogP contribution in [-0.4, -0.2) is 45.2 Å². The van der Waals surface area contributed by atoms with Crippen molar-refractivity contribution in [3.63, 3.8) is 0 Å². The van der Waals surface area contributed by atoms with Gasteiger partial charge in [0.1, 0.15) is 0 Å². The molecule has 1 heterocycles. The Morgan fingerprint density at radius 2 is 1.94 bits per heavy atom. The lowest BCUT2D eigenvalue weighted by atomic mass is 9.95. The zero-order chi connectivity index (χ0) is 12.7. The van der Waals surface area contributed by atoms with Gasteiger partial charge < -0.3 is 5.32 Å².